The number of amides is 1. The fraction of sp³-hybridized carbons (Fsp3) is 0.103. The number of nitrogens with one attached hydrogen (secondary N) is 1. The minimum absolute atomic E-state index is 0.0513. The molecule has 0 radical (unpaired) electrons. The molecule has 0 aromatic heterocycles. The van der Waals surface area contributed by atoms with Crippen LogP contribution < -0.4 is 5.32 Å². The maximum Gasteiger partial charge on any atom is 0.307 e. The van der Waals surface area contributed by atoms with Crippen LogP contribution >= 0.6 is 0 Å². The van der Waals surface area contributed by atoms with Gasteiger partial charge >= 0.3 is 5.97 Å². The predicted molar refractivity (Wildman–Crippen MR) is 146 cm³/mol. The molecule has 0 aliphatic heterocycles. The summed E-state index contributed by atoms with van der Waals surface area (Å²) in [5, 5.41) is 35.5. The molecule has 1 atom stereocenters. The summed E-state index contributed by atoms with van der Waals surface area (Å²) in [6.45, 7) is 0. The predicted octanol–water partition coefficient (Wildman–Crippen LogP) is 5.58. The number of hydrogen-bond donors (Lipinski definition) is 2. The number of carbonyl (C=O) groups is 2. The first kappa shape index (κ1) is 27.5. The van der Waals surface area contributed by atoms with Gasteiger partial charge in [0.1, 0.15) is 5.75 Å². The molecule has 0 aliphatic carbocycles. The van der Waals surface area contributed by atoms with Crippen LogP contribution in [0.1, 0.15) is 28.4 Å². The first-order valence-electron chi connectivity index (χ1n) is 12.0. The quantitative estimate of drug-likeness (QED) is 0.158. The van der Waals surface area contributed by atoms with E-state index in [-0.39, 0.29) is 29.1 Å². The second-order valence-electron chi connectivity index (χ2n) is 8.78. The summed E-state index contributed by atoms with van der Waals surface area (Å²) in [6.07, 6.45) is -0.205. The number of non-ortho nitro benzene ring substituents is 2. The molecule has 0 saturated heterocycles. The van der Waals surface area contributed by atoms with Crippen molar-refractivity contribution in [2.24, 2.45) is 0 Å². The summed E-state index contributed by atoms with van der Waals surface area (Å²) in [7, 11) is 1.22. The molecule has 4 aromatic rings. The zero-order chi connectivity index (χ0) is 28.8. The number of nitro groups is 2. The van der Waals surface area contributed by atoms with Crippen molar-refractivity contribution >= 4 is 23.3 Å². The minimum Gasteiger partial charge on any atom is -0.507 e. The van der Waals surface area contributed by atoms with Crippen molar-refractivity contribution in [2.75, 3.05) is 7.11 Å². The van der Waals surface area contributed by atoms with E-state index in [4.69, 9.17) is 4.74 Å². The Bertz CT molecular complexity index is 1600. The fourth-order valence-corrected chi connectivity index (χ4v) is 4.14. The Morgan fingerprint density at radius 1 is 0.800 bits per heavy atom. The standard InChI is InChI=1S/C29H23N3O8/c1-40-28(34)17-26(19-10-8-18(9-11-19)20-4-2-6-23(14-20)31(36)37)30-29(35)25-16-22(12-13-27(25)33)21-5-3-7-24(15-21)32(38)39/h2-16,26,33H,17H2,1H3,(H,30,35). The lowest BCUT2D eigenvalue weighted by atomic mass is 9.98. The van der Waals surface area contributed by atoms with E-state index in [0.717, 1.165) is 0 Å². The molecule has 0 aliphatic rings. The van der Waals surface area contributed by atoms with Crippen molar-refractivity contribution in [3.63, 3.8) is 0 Å². The number of nitro benzene ring substituents is 2. The number of rotatable bonds is 9. The van der Waals surface area contributed by atoms with E-state index in [1.165, 1.54) is 55.6 Å². The van der Waals surface area contributed by atoms with Gasteiger partial charge in [0.15, 0.2) is 0 Å². The van der Waals surface area contributed by atoms with Crippen LogP contribution in [0.25, 0.3) is 22.3 Å². The molecule has 4 aromatic carbocycles. The third kappa shape index (κ3) is 6.27. The van der Waals surface area contributed by atoms with Gasteiger partial charge in [-0.15, -0.1) is 0 Å². The lowest BCUT2D eigenvalue weighted by Gasteiger charge is -2.19. The normalized spacial score (nSPS) is 11.3. The highest BCUT2D eigenvalue weighted by Gasteiger charge is 2.22. The van der Waals surface area contributed by atoms with Gasteiger partial charge in [-0.1, -0.05) is 54.6 Å². The highest BCUT2D eigenvalue weighted by molar-refractivity contribution is 5.98. The van der Waals surface area contributed by atoms with Crippen LogP contribution in [0.2, 0.25) is 0 Å². The fourth-order valence-electron chi connectivity index (χ4n) is 4.14. The van der Waals surface area contributed by atoms with Gasteiger partial charge in [0.25, 0.3) is 17.3 Å². The molecule has 0 bridgehead atoms. The van der Waals surface area contributed by atoms with E-state index in [0.29, 0.717) is 27.8 Å². The van der Waals surface area contributed by atoms with Gasteiger partial charge in [0.05, 0.1) is 35.0 Å². The third-order valence-corrected chi connectivity index (χ3v) is 6.24. The van der Waals surface area contributed by atoms with E-state index >= 15 is 0 Å². The van der Waals surface area contributed by atoms with Crippen LogP contribution in [0.3, 0.4) is 0 Å². The molecule has 2 N–H and O–H groups in total. The van der Waals surface area contributed by atoms with Gasteiger partial charge in [-0.05, 0) is 39.9 Å². The zero-order valence-electron chi connectivity index (χ0n) is 21.1. The average molecular weight is 542 g/mol. The summed E-state index contributed by atoms with van der Waals surface area (Å²) in [5.41, 5.74) is 2.56. The highest BCUT2D eigenvalue weighted by Crippen LogP contribution is 2.30. The zero-order valence-corrected chi connectivity index (χ0v) is 21.1. The van der Waals surface area contributed by atoms with E-state index in [9.17, 15) is 34.9 Å². The van der Waals surface area contributed by atoms with Crippen LogP contribution in [-0.4, -0.2) is 33.9 Å². The molecular weight excluding hydrogens is 518 g/mol. The van der Waals surface area contributed by atoms with Crippen molar-refractivity contribution in [3.8, 4) is 28.0 Å². The molecule has 0 spiro atoms. The second kappa shape index (κ2) is 11.9. The number of esters is 1. The van der Waals surface area contributed by atoms with Gasteiger partial charge in [-0.3, -0.25) is 29.8 Å². The highest BCUT2D eigenvalue weighted by atomic mass is 16.6. The molecular formula is C29H23N3O8. The van der Waals surface area contributed by atoms with Gasteiger partial charge < -0.3 is 15.2 Å². The molecule has 1 amide bonds. The third-order valence-electron chi connectivity index (χ3n) is 6.24. The Kier molecular flexibility index (Phi) is 8.14. The monoisotopic (exact) mass is 541 g/mol. The molecule has 0 fully saturated rings. The summed E-state index contributed by atoms with van der Waals surface area (Å²) in [5.74, 6) is -1.58. The van der Waals surface area contributed by atoms with Crippen LogP contribution in [0.5, 0.6) is 5.75 Å². The summed E-state index contributed by atoms with van der Waals surface area (Å²) >= 11 is 0. The van der Waals surface area contributed by atoms with Gasteiger partial charge in [-0.25, -0.2) is 0 Å². The van der Waals surface area contributed by atoms with Gasteiger partial charge in [-0.2, -0.15) is 0 Å². The average Bonchev–Trinajstić information content (AvgIpc) is 2.97. The molecule has 11 heteroatoms. The topological polar surface area (TPSA) is 162 Å². The minimum atomic E-state index is -0.833. The number of carbonyl (C=O) groups excluding carboxylic acids is 2. The SMILES string of the molecule is COC(=O)CC(NC(=O)c1cc(-c2cccc([N+](=O)[O-])c2)ccc1O)c1ccc(-c2cccc([N+](=O)[O-])c2)cc1. The van der Waals surface area contributed by atoms with E-state index < -0.39 is 27.8 Å². The molecule has 0 heterocycles. The maximum atomic E-state index is 13.3. The molecule has 202 valence electrons. The molecule has 40 heavy (non-hydrogen) atoms. The number of nitrogens with zero attached hydrogens (tertiary/aromatic N) is 2. The van der Waals surface area contributed by atoms with Crippen molar-refractivity contribution in [2.45, 2.75) is 12.5 Å². The van der Waals surface area contributed by atoms with Crippen LogP contribution in [0.15, 0.2) is 91.0 Å². The Morgan fingerprint density at radius 2 is 1.32 bits per heavy atom. The first-order valence-corrected chi connectivity index (χ1v) is 12.0. The number of phenolic OH excluding ortho intramolecular Hbond substituents is 1. The van der Waals surface area contributed by atoms with Crippen molar-refractivity contribution in [3.05, 3.63) is 122 Å². The first-order chi connectivity index (χ1) is 19.2. The Balaban J connectivity index is 1.62. The summed E-state index contributed by atoms with van der Waals surface area (Å²) < 4.78 is 4.79. The van der Waals surface area contributed by atoms with Crippen LogP contribution in [-0.2, 0) is 9.53 Å². The molecule has 4 rings (SSSR count). The summed E-state index contributed by atoms with van der Waals surface area (Å²) in [6, 6.07) is 22.2. The van der Waals surface area contributed by atoms with Gasteiger partial charge in [0.2, 0.25) is 0 Å². The Morgan fingerprint density at radius 3 is 1.88 bits per heavy atom. The lowest BCUT2D eigenvalue weighted by molar-refractivity contribution is -0.385. The summed E-state index contributed by atoms with van der Waals surface area (Å²) in [4.78, 5) is 46.7. The van der Waals surface area contributed by atoms with Crippen molar-refractivity contribution in [1.29, 1.82) is 0 Å². The van der Waals surface area contributed by atoms with Gasteiger partial charge in [0, 0.05) is 24.3 Å². The number of methoxy groups -OCH3 is 1. The van der Waals surface area contributed by atoms with E-state index in [1.54, 1.807) is 42.5 Å². The number of ether oxygens (including phenoxy) is 1. The number of hydrogen-bond acceptors (Lipinski definition) is 8. The van der Waals surface area contributed by atoms with Crippen LogP contribution in [0, 0.1) is 20.2 Å². The van der Waals surface area contributed by atoms with Crippen molar-refractivity contribution < 1.29 is 29.3 Å². The van der Waals surface area contributed by atoms with E-state index in [1.807, 2.05) is 0 Å². The van der Waals surface area contributed by atoms with E-state index in [2.05, 4.69) is 5.32 Å². The number of phenols is 1. The smallest absolute Gasteiger partial charge is 0.307 e. The van der Waals surface area contributed by atoms with Crippen LogP contribution in [0.4, 0.5) is 11.4 Å². The number of aromatic hydroxyl groups is 1. The maximum absolute atomic E-state index is 13.3. The molecule has 11 nitrogen and oxygen atoms in total. The molecule has 0 saturated carbocycles. The number of benzene rings is 4. The Hall–Kier alpha value is -5.58. The lowest BCUT2D eigenvalue weighted by Crippen LogP contribution is -2.30. The van der Waals surface area contributed by atoms with Crippen molar-refractivity contribution in [1.82, 2.24) is 5.32 Å². The Labute approximate surface area is 228 Å². The second-order valence-corrected chi connectivity index (χ2v) is 8.78. The molecule has 1 unspecified atom stereocenters. The largest absolute Gasteiger partial charge is 0.507 e.